The fraction of sp³-hybridized carbons (Fsp3) is 0.200. The van der Waals surface area contributed by atoms with Crippen LogP contribution < -0.4 is 0 Å². The minimum absolute atomic E-state index is 0.604. The first-order chi connectivity index (χ1) is 5.27. The predicted molar refractivity (Wildman–Crippen MR) is 48.0 cm³/mol. The molecule has 1 heteroatoms. The Balaban J connectivity index is 2.22. The summed E-state index contributed by atoms with van der Waals surface area (Å²) in [5, 5.41) is 0.812. The van der Waals surface area contributed by atoms with Gasteiger partial charge in [-0.3, -0.25) is 0 Å². The van der Waals surface area contributed by atoms with Gasteiger partial charge in [-0.1, -0.05) is 35.4 Å². The molecule has 1 unspecified atom stereocenters. The first-order valence-corrected chi connectivity index (χ1v) is 4.09. The molecule has 1 aromatic rings. The van der Waals surface area contributed by atoms with Crippen LogP contribution in [-0.4, -0.2) is 0 Å². The van der Waals surface area contributed by atoms with Crippen molar-refractivity contribution in [2.45, 2.75) is 12.8 Å². The van der Waals surface area contributed by atoms with Gasteiger partial charge < -0.3 is 0 Å². The number of benzene rings is 1. The van der Waals surface area contributed by atoms with Gasteiger partial charge in [-0.2, -0.15) is 0 Å². The van der Waals surface area contributed by atoms with Gasteiger partial charge in [0.1, 0.15) is 0 Å². The molecule has 0 fully saturated rings. The van der Waals surface area contributed by atoms with Gasteiger partial charge in [0.2, 0.25) is 0 Å². The summed E-state index contributed by atoms with van der Waals surface area (Å²) < 4.78 is 0. The molecule has 1 aliphatic rings. The summed E-state index contributed by atoms with van der Waals surface area (Å²) in [5.41, 5.74) is 2.82. The van der Waals surface area contributed by atoms with Crippen LogP contribution >= 0.6 is 11.6 Å². The molecule has 0 heterocycles. The molecule has 1 aliphatic carbocycles. The van der Waals surface area contributed by atoms with Crippen molar-refractivity contribution < 1.29 is 0 Å². The molecule has 0 spiro atoms. The van der Waals surface area contributed by atoms with Gasteiger partial charge in [0, 0.05) is 10.9 Å². The summed E-state index contributed by atoms with van der Waals surface area (Å²) in [6.07, 6.45) is 2.25. The van der Waals surface area contributed by atoms with Crippen molar-refractivity contribution in [1.29, 1.82) is 0 Å². The largest absolute Gasteiger partial charge is 0.0843 e. The van der Waals surface area contributed by atoms with Crippen LogP contribution in [0.4, 0.5) is 0 Å². The van der Waals surface area contributed by atoms with Gasteiger partial charge in [-0.05, 0) is 24.6 Å². The maximum Gasteiger partial charge on any atom is 0.0406 e. The number of hydrogen-bond acceptors (Lipinski definition) is 0. The number of halogens is 1. The normalized spacial score (nSPS) is 21.3. The van der Waals surface area contributed by atoms with Gasteiger partial charge in [0.05, 0.1) is 0 Å². The minimum Gasteiger partial charge on any atom is -0.0843 e. The molecule has 1 atom stereocenters. The lowest BCUT2D eigenvalue weighted by atomic mass is 10.1. The Morgan fingerprint density at radius 2 is 1.73 bits per heavy atom. The van der Waals surface area contributed by atoms with E-state index in [2.05, 4.69) is 25.1 Å². The second-order valence-corrected chi connectivity index (χ2v) is 3.38. The molecule has 0 aliphatic heterocycles. The molecular weight excluding hydrogens is 156 g/mol. The van der Waals surface area contributed by atoms with Crippen molar-refractivity contribution >= 4 is 11.6 Å². The van der Waals surface area contributed by atoms with E-state index >= 15 is 0 Å². The van der Waals surface area contributed by atoms with Crippen LogP contribution in [0.25, 0.3) is 0 Å². The lowest BCUT2D eigenvalue weighted by Gasteiger charge is -1.97. The third kappa shape index (κ3) is 1.31. The van der Waals surface area contributed by atoms with Crippen molar-refractivity contribution in [3.63, 3.8) is 0 Å². The average molecular weight is 165 g/mol. The van der Waals surface area contributed by atoms with E-state index in [1.165, 1.54) is 11.1 Å². The Labute approximate surface area is 71.5 Å². The fourth-order valence-electron chi connectivity index (χ4n) is 1.24. The monoisotopic (exact) mass is 164 g/mol. The van der Waals surface area contributed by atoms with E-state index in [-0.39, 0.29) is 0 Å². The lowest BCUT2D eigenvalue weighted by Crippen LogP contribution is -1.79. The molecular formula is C10H9Cl. The molecule has 0 amide bonds. The maximum absolute atomic E-state index is 5.76. The highest BCUT2D eigenvalue weighted by Gasteiger charge is 2.21. The Kier molecular flexibility index (Phi) is 1.50. The molecule has 0 radical (unpaired) electrons. The Hall–Kier alpha value is -0.750. The van der Waals surface area contributed by atoms with E-state index in [1.807, 2.05) is 12.1 Å². The highest BCUT2D eigenvalue weighted by Crippen LogP contribution is 2.38. The zero-order valence-corrected chi connectivity index (χ0v) is 7.10. The Morgan fingerprint density at radius 3 is 2.18 bits per heavy atom. The van der Waals surface area contributed by atoms with Gasteiger partial charge in [-0.15, -0.1) is 0 Å². The Bertz CT molecular complexity index is 295. The van der Waals surface area contributed by atoms with Crippen LogP contribution in [0.3, 0.4) is 0 Å². The summed E-state index contributed by atoms with van der Waals surface area (Å²) in [4.78, 5) is 0. The number of allylic oxidation sites excluding steroid dienone is 2. The fourth-order valence-corrected chi connectivity index (χ4v) is 1.37. The third-order valence-electron chi connectivity index (χ3n) is 2.04. The van der Waals surface area contributed by atoms with Crippen molar-refractivity contribution in [2.24, 2.45) is 0 Å². The minimum atomic E-state index is 0.604. The Morgan fingerprint density at radius 1 is 1.18 bits per heavy atom. The van der Waals surface area contributed by atoms with Crippen LogP contribution in [0.5, 0.6) is 0 Å². The van der Waals surface area contributed by atoms with E-state index in [9.17, 15) is 0 Å². The van der Waals surface area contributed by atoms with Crippen molar-refractivity contribution in [1.82, 2.24) is 0 Å². The zero-order chi connectivity index (χ0) is 7.84. The molecule has 0 aromatic heterocycles. The van der Waals surface area contributed by atoms with Crippen LogP contribution in [0.15, 0.2) is 35.9 Å². The molecule has 11 heavy (non-hydrogen) atoms. The molecule has 56 valence electrons. The summed E-state index contributed by atoms with van der Waals surface area (Å²) in [6, 6.07) is 8.05. The SMILES string of the molecule is CC1=CC1c1ccc(Cl)cc1. The van der Waals surface area contributed by atoms with Crippen LogP contribution in [0.1, 0.15) is 18.4 Å². The average Bonchev–Trinajstić information content (AvgIpc) is 2.69. The molecule has 1 aromatic carbocycles. The van der Waals surface area contributed by atoms with Gasteiger partial charge in [0.25, 0.3) is 0 Å². The van der Waals surface area contributed by atoms with Crippen LogP contribution in [0.2, 0.25) is 5.02 Å². The highest BCUT2D eigenvalue weighted by molar-refractivity contribution is 6.30. The molecule has 0 saturated carbocycles. The number of hydrogen-bond donors (Lipinski definition) is 0. The van der Waals surface area contributed by atoms with E-state index in [4.69, 9.17) is 11.6 Å². The second-order valence-electron chi connectivity index (χ2n) is 2.94. The molecule has 0 saturated heterocycles. The smallest absolute Gasteiger partial charge is 0.0406 e. The predicted octanol–water partition coefficient (Wildman–Crippen LogP) is 3.38. The number of rotatable bonds is 1. The van der Waals surface area contributed by atoms with Crippen LogP contribution in [0, 0.1) is 0 Å². The summed E-state index contributed by atoms with van der Waals surface area (Å²) in [6.45, 7) is 2.15. The van der Waals surface area contributed by atoms with Crippen LogP contribution in [-0.2, 0) is 0 Å². The topological polar surface area (TPSA) is 0 Å². The second kappa shape index (κ2) is 2.38. The van der Waals surface area contributed by atoms with Gasteiger partial charge >= 0.3 is 0 Å². The first-order valence-electron chi connectivity index (χ1n) is 3.71. The first kappa shape index (κ1) is 6.93. The van der Waals surface area contributed by atoms with Crippen molar-refractivity contribution in [3.05, 3.63) is 46.5 Å². The lowest BCUT2D eigenvalue weighted by molar-refractivity contribution is 1.17. The zero-order valence-electron chi connectivity index (χ0n) is 6.34. The standard InChI is InChI=1S/C10H9Cl/c1-7-6-10(7)8-2-4-9(11)5-3-8/h2-6,10H,1H3. The van der Waals surface area contributed by atoms with E-state index < -0.39 is 0 Å². The summed E-state index contributed by atoms with van der Waals surface area (Å²) in [7, 11) is 0. The van der Waals surface area contributed by atoms with Crippen molar-refractivity contribution in [3.8, 4) is 0 Å². The molecule has 2 rings (SSSR count). The van der Waals surface area contributed by atoms with Crippen molar-refractivity contribution in [2.75, 3.05) is 0 Å². The summed E-state index contributed by atoms with van der Waals surface area (Å²) in [5.74, 6) is 0.604. The highest BCUT2D eigenvalue weighted by atomic mass is 35.5. The molecule has 0 N–H and O–H groups in total. The van der Waals surface area contributed by atoms with E-state index in [1.54, 1.807) is 0 Å². The van der Waals surface area contributed by atoms with E-state index in [0.717, 1.165) is 5.02 Å². The third-order valence-corrected chi connectivity index (χ3v) is 2.29. The maximum atomic E-state index is 5.76. The molecule has 0 nitrogen and oxygen atoms in total. The van der Waals surface area contributed by atoms with Gasteiger partial charge in [0.15, 0.2) is 0 Å². The van der Waals surface area contributed by atoms with E-state index in [0.29, 0.717) is 5.92 Å². The molecule has 0 bridgehead atoms. The quantitative estimate of drug-likeness (QED) is 0.559. The summed E-state index contributed by atoms with van der Waals surface area (Å²) >= 11 is 5.76. The van der Waals surface area contributed by atoms with Gasteiger partial charge in [-0.25, -0.2) is 0 Å².